The topological polar surface area (TPSA) is 26.3 Å². The number of ketones is 1. The number of carbonyl (C=O) groups excluding carboxylic acids is 1. The van der Waals surface area contributed by atoms with E-state index >= 15 is 0 Å². The van der Waals surface area contributed by atoms with Crippen LogP contribution in [0.5, 0.6) is 0 Å². The lowest BCUT2D eigenvalue weighted by molar-refractivity contribution is -0.167. The number of thioether (sulfide) groups is 1. The van der Waals surface area contributed by atoms with Gasteiger partial charge in [0.2, 0.25) is 5.78 Å². The van der Waals surface area contributed by atoms with Gasteiger partial charge in [-0.05, 0) is 52.2 Å². The lowest BCUT2D eigenvalue weighted by Gasteiger charge is -2.22. The highest BCUT2D eigenvalue weighted by molar-refractivity contribution is 7.99. The van der Waals surface area contributed by atoms with E-state index in [0.717, 1.165) is 31.0 Å². The minimum atomic E-state index is -4.70. The Bertz CT molecular complexity index is 349. The number of alkyl halides is 3. The first-order valence-electron chi connectivity index (χ1n) is 6.97. The monoisotopic (exact) mass is 326 g/mol. The van der Waals surface area contributed by atoms with Gasteiger partial charge in [0.1, 0.15) is 0 Å². The summed E-state index contributed by atoms with van der Waals surface area (Å²) in [5.74, 6) is -1.61. The predicted octanol–water partition coefficient (Wildman–Crippen LogP) is 4.78. The van der Waals surface area contributed by atoms with Crippen LogP contribution in [0.4, 0.5) is 13.2 Å². The van der Waals surface area contributed by atoms with Crippen molar-refractivity contribution in [3.63, 3.8) is 0 Å². The average Bonchev–Trinajstić information content (AvgIpc) is 2.36. The van der Waals surface area contributed by atoms with E-state index in [1.165, 1.54) is 5.57 Å². The van der Waals surface area contributed by atoms with E-state index in [4.69, 9.17) is 4.74 Å². The maximum absolute atomic E-state index is 12.0. The summed E-state index contributed by atoms with van der Waals surface area (Å²) in [6, 6.07) is 0. The van der Waals surface area contributed by atoms with Crippen molar-refractivity contribution < 1.29 is 22.7 Å². The highest BCUT2D eigenvalue weighted by Crippen LogP contribution is 2.20. The highest BCUT2D eigenvalue weighted by Gasteiger charge is 2.37. The molecule has 0 saturated heterocycles. The number of rotatable bonds is 10. The number of halogens is 3. The van der Waals surface area contributed by atoms with Gasteiger partial charge >= 0.3 is 6.18 Å². The standard InChI is InChI=1S/C15H25F3O2S/c1-12(7-5-9-14(2,3)20-4)8-6-10-21-11-13(19)15(16,17)18/h8H,5-7,9-11H2,1-4H3/b12-8-. The summed E-state index contributed by atoms with van der Waals surface area (Å²) >= 11 is 1.03. The molecule has 0 aliphatic heterocycles. The molecule has 124 valence electrons. The van der Waals surface area contributed by atoms with Gasteiger partial charge in [0, 0.05) is 7.11 Å². The smallest absolute Gasteiger partial charge is 0.379 e. The van der Waals surface area contributed by atoms with Gasteiger partial charge < -0.3 is 4.74 Å². The van der Waals surface area contributed by atoms with Crippen molar-refractivity contribution >= 4 is 17.5 Å². The molecule has 0 aromatic heterocycles. The molecule has 0 unspecified atom stereocenters. The summed E-state index contributed by atoms with van der Waals surface area (Å²) in [7, 11) is 1.70. The molecule has 0 N–H and O–H groups in total. The molecule has 0 spiro atoms. The van der Waals surface area contributed by atoms with Gasteiger partial charge in [-0.3, -0.25) is 4.79 Å². The van der Waals surface area contributed by atoms with Crippen molar-refractivity contribution in [2.45, 2.75) is 58.2 Å². The van der Waals surface area contributed by atoms with Crippen molar-refractivity contribution in [1.29, 1.82) is 0 Å². The van der Waals surface area contributed by atoms with Crippen LogP contribution in [0.15, 0.2) is 11.6 Å². The number of Topliss-reactive ketones (excluding diaryl/α,β-unsaturated/α-hetero) is 1. The maximum atomic E-state index is 12.0. The number of hydrogen-bond donors (Lipinski definition) is 0. The van der Waals surface area contributed by atoms with Gasteiger partial charge in [0.05, 0.1) is 11.4 Å². The summed E-state index contributed by atoms with van der Waals surface area (Å²) < 4.78 is 41.2. The number of allylic oxidation sites excluding steroid dienone is 2. The third-order valence-electron chi connectivity index (χ3n) is 3.21. The van der Waals surface area contributed by atoms with Crippen LogP contribution in [-0.2, 0) is 9.53 Å². The number of methoxy groups -OCH3 is 1. The van der Waals surface area contributed by atoms with Crippen molar-refractivity contribution in [1.82, 2.24) is 0 Å². The Morgan fingerprint density at radius 1 is 1.29 bits per heavy atom. The summed E-state index contributed by atoms with van der Waals surface area (Å²) in [4.78, 5) is 10.7. The van der Waals surface area contributed by atoms with E-state index in [2.05, 4.69) is 0 Å². The molecule has 0 aliphatic rings. The molecular weight excluding hydrogens is 301 g/mol. The minimum absolute atomic E-state index is 0.117. The molecule has 0 rings (SSSR count). The predicted molar refractivity (Wildman–Crippen MR) is 81.7 cm³/mol. The quantitative estimate of drug-likeness (QED) is 0.427. The van der Waals surface area contributed by atoms with Gasteiger partial charge in [0.15, 0.2) is 0 Å². The van der Waals surface area contributed by atoms with Crippen LogP contribution in [0.25, 0.3) is 0 Å². The SMILES string of the molecule is COC(C)(C)CCC/C(C)=C\CCSCC(=O)C(F)(F)F. The van der Waals surface area contributed by atoms with Crippen molar-refractivity contribution in [2.75, 3.05) is 18.6 Å². The van der Waals surface area contributed by atoms with Crippen molar-refractivity contribution in [3.8, 4) is 0 Å². The molecule has 6 heteroatoms. The Kier molecular flexibility index (Phi) is 9.29. The average molecular weight is 326 g/mol. The normalized spacial score (nSPS) is 13.6. The second kappa shape index (κ2) is 9.51. The lowest BCUT2D eigenvalue weighted by atomic mass is 9.99. The Morgan fingerprint density at radius 2 is 1.90 bits per heavy atom. The van der Waals surface area contributed by atoms with E-state index in [-0.39, 0.29) is 5.60 Å². The number of carbonyl (C=O) groups is 1. The van der Waals surface area contributed by atoms with Gasteiger partial charge in [-0.15, -0.1) is 0 Å². The zero-order valence-corrected chi connectivity index (χ0v) is 14.0. The van der Waals surface area contributed by atoms with Crippen LogP contribution < -0.4 is 0 Å². The molecule has 0 aliphatic carbocycles. The number of ether oxygens (including phenoxy) is 1. The van der Waals surface area contributed by atoms with Crippen molar-refractivity contribution in [3.05, 3.63) is 11.6 Å². The largest absolute Gasteiger partial charge is 0.450 e. The first-order chi connectivity index (χ1) is 9.58. The van der Waals surface area contributed by atoms with E-state index in [1.807, 2.05) is 26.8 Å². The van der Waals surface area contributed by atoms with Gasteiger partial charge in [-0.1, -0.05) is 11.6 Å². The molecule has 2 nitrogen and oxygen atoms in total. The summed E-state index contributed by atoms with van der Waals surface area (Å²) in [6.07, 6.45) is 0.957. The molecule has 0 amide bonds. The fourth-order valence-corrected chi connectivity index (χ4v) is 2.41. The Hall–Kier alpha value is -0.490. The zero-order chi connectivity index (χ0) is 16.5. The van der Waals surface area contributed by atoms with E-state index < -0.39 is 17.7 Å². The van der Waals surface area contributed by atoms with Crippen LogP contribution >= 0.6 is 11.8 Å². The van der Waals surface area contributed by atoms with Gasteiger partial charge in [-0.2, -0.15) is 24.9 Å². The fourth-order valence-electron chi connectivity index (χ4n) is 1.63. The van der Waals surface area contributed by atoms with E-state index in [9.17, 15) is 18.0 Å². The Balaban J connectivity index is 3.77. The first kappa shape index (κ1) is 20.5. The third-order valence-corrected chi connectivity index (χ3v) is 4.20. The molecule has 0 bridgehead atoms. The summed E-state index contributed by atoms with van der Waals surface area (Å²) in [5.41, 5.74) is 1.11. The minimum Gasteiger partial charge on any atom is -0.379 e. The van der Waals surface area contributed by atoms with Gasteiger partial charge in [0.25, 0.3) is 0 Å². The van der Waals surface area contributed by atoms with Crippen LogP contribution in [0.3, 0.4) is 0 Å². The van der Waals surface area contributed by atoms with Crippen molar-refractivity contribution in [2.24, 2.45) is 0 Å². The summed E-state index contributed by atoms with van der Waals surface area (Å²) in [5, 5.41) is 0. The van der Waals surface area contributed by atoms with E-state index in [1.54, 1.807) is 7.11 Å². The van der Waals surface area contributed by atoms with Crippen LogP contribution in [0.1, 0.15) is 46.5 Å². The zero-order valence-electron chi connectivity index (χ0n) is 13.2. The second-order valence-corrected chi connectivity index (χ2v) is 6.74. The lowest BCUT2D eigenvalue weighted by Crippen LogP contribution is -2.24. The second-order valence-electron chi connectivity index (χ2n) is 5.63. The number of hydrogen-bond acceptors (Lipinski definition) is 3. The Labute approximate surface area is 129 Å². The fraction of sp³-hybridized carbons (Fsp3) is 0.800. The first-order valence-corrected chi connectivity index (χ1v) is 8.12. The molecule has 0 radical (unpaired) electrons. The molecule has 0 saturated carbocycles. The molecule has 21 heavy (non-hydrogen) atoms. The third kappa shape index (κ3) is 10.8. The van der Waals surface area contributed by atoms with Crippen LogP contribution in [-0.4, -0.2) is 36.2 Å². The highest BCUT2D eigenvalue weighted by atomic mass is 32.2. The molecule has 0 fully saturated rings. The van der Waals surface area contributed by atoms with E-state index in [0.29, 0.717) is 12.2 Å². The summed E-state index contributed by atoms with van der Waals surface area (Å²) in [6.45, 7) is 6.10. The molecule has 0 aromatic rings. The molecular formula is C15H25F3O2S. The Morgan fingerprint density at radius 3 is 2.43 bits per heavy atom. The van der Waals surface area contributed by atoms with Crippen LogP contribution in [0, 0.1) is 0 Å². The molecule has 0 aromatic carbocycles. The molecule has 0 atom stereocenters. The van der Waals surface area contributed by atoms with Crippen LogP contribution in [0.2, 0.25) is 0 Å². The van der Waals surface area contributed by atoms with Gasteiger partial charge in [-0.25, -0.2) is 0 Å². The molecule has 0 heterocycles. The maximum Gasteiger partial charge on any atom is 0.450 e.